The number of hydrogen-bond donors (Lipinski definition) is 1. The maximum absolute atomic E-state index is 12.9. The number of allylic oxidation sites excluding steroid dienone is 24. The third kappa shape index (κ3) is 86.8. The predicted octanol–water partition coefficient (Wildman–Crippen LogP) is 29.6. The minimum Gasteiger partial charge on any atom is -0.462 e. The van der Waals surface area contributed by atoms with E-state index in [0.29, 0.717) is 17.4 Å². The number of rotatable bonds is 80. The first kappa shape index (κ1) is 99.9. The number of quaternary nitrogens is 1. The van der Waals surface area contributed by atoms with E-state index in [4.69, 9.17) is 18.5 Å². The molecule has 0 amide bonds. The molecule has 1 N–H and O–H groups in total. The van der Waals surface area contributed by atoms with Gasteiger partial charge in [-0.15, -0.1) is 0 Å². The number of unbranched alkanes of at least 4 members (excludes halogenated alkanes) is 42. The van der Waals surface area contributed by atoms with E-state index in [9.17, 15) is 19.0 Å². The summed E-state index contributed by atoms with van der Waals surface area (Å²) >= 11 is 0. The lowest BCUT2D eigenvalue weighted by molar-refractivity contribution is -0.870. The van der Waals surface area contributed by atoms with Crippen LogP contribution in [-0.2, 0) is 32.7 Å². The summed E-state index contributed by atoms with van der Waals surface area (Å²) in [5.74, 6) is -0.803. The second-order valence-corrected chi connectivity index (χ2v) is 31.6. The van der Waals surface area contributed by atoms with Crippen LogP contribution in [0.4, 0.5) is 0 Å². The van der Waals surface area contributed by atoms with Crippen molar-refractivity contribution < 1.29 is 42.1 Å². The maximum atomic E-state index is 12.9. The molecule has 0 fully saturated rings. The van der Waals surface area contributed by atoms with E-state index < -0.39 is 26.5 Å². The quantitative estimate of drug-likeness (QED) is 0.0211. The lowest BCUT2D eigenvalue weighted by Gasteiger charge is -2.24. The summed E-state index contributed by atoms with van der Waals surface area (Å²) in [6.07, 6.45) is 123. The smallest absolute Gasteiger partial charge is 0.462 e. The average Bonchev–Trinajstić information content (AvgIpc) is 0.920. The van der Waals surface area contributed by atoms with Crippen LogP contribution in [0.2, 0.25) is 0 Å². The van der Waals surface area contributed by atoms with E-state index in [0.717, 1.165) is 116 Å². The van der Waals surface area contributed by atoms with Crippen molar-refractivity contribution in [2.45, 2.75) is 392 Å². The molecule has 2 unspecified atom stereocenters. The second-order valence-electron chi connectivity index (χ2n) is 30.2. The molecule has 0 aliphatic heterocycles. The first-order chi connectivity index (χ1) is 51.0. The van der Waals surface area contributed by atoms with Crippen molar-refractivity contribution in [3.63, 3.8) is 0 Å². The fraction of sp³-hybridized carbons (Fsp3) is 0.723. The number of carbonyl (C=O) groups excluding carboxylic acids is 2. The van der Waals surface area contributed by atoms with Crippen LogP contribution >= 0.6 is 7.82 Å². The summed E-state index contributed by atoms with van der Waals surface area (Å²) in [5, 5.41) is 0. The molecule has 598 valence electrons. The van der Waals surface area contributed by atoms with Crippen LogP contribution in [0.5, 0.6) is 0 Å². The second kappa shape index (κ2) is 82.9. The number of nitrogens with zero attached hydrogens (tertiary/aromatic N) is 1. The van der Waals surface area contributed by atoms with E-state index in [-0.39, 0.29) is 32.0 Å². The molecule has 0 saturated heterocycles. The van der Waals surface area contributed by atoms with Gasteiger partial charge in [-0.3, -0.25) is 18.6 Å². The lowest BCUT2D eigenvalue weighted by Crippen LogP contribution is -2.37. The van der Waals surface area contributed by atoms with Crippen molar-refractivity contribution in [3.05, 3.63) is 146 Å². The summed E-state index contributed by atoms with van der Waals surface area (Å²) in [5.41, 5.74) is 0. The van der Waals surface area contributed by atoms with Gasteiger partial charge in [-0.1, -0.05) is 397 Å². The van der Waals surface area contributed by atoms with Crippen molar-refractivity contribution >= 4 is 19.8 Å². The van der Waals surface area contributed by atoms with Gasteiger partial charge in [0.25, 0.3) is 0 Å². The summed E-state index contributed by atoms with van der Waals surface area (Å²) in [6.45, 7) is 4.34. The van der Waals surface area contributed by atoms with Crippen molar-refractivity contribution in [2.24, 2.45) is 0 Å². The summed E-state index contributed by atoms with van der Waals surface area (Å²) < 4.78 is 34.8. The fourth-order valence-electron chi connectivity index (χ4n) is 12.3. The molecule has 0 radical (unpaired) electrons. The Labute approximate surface area is 643 Å². The molecule has 0 aromatic carbocycles. The SMILES string of the molecule is CC/C=C\C/C=C\C/C=C\C/C=C\C/C=C\C/C=C\C/C=C\C/C=C\C/C=C\C/C=C\C/C=C\CCCCCCCCCC(=O)OC(COC(=O)CCCCCCCCCCCCCCCCCCCCCCCCCCCCC/C=C\CCCCCCCCCC)COP(=O)(O)OCC[N+](C)(C)C. The summed E-state index contributed by atoms with van der Waals surface area (Å²) in [4.78, 5) is 36.0. The van der Waals surface area contributed by atoms with Crippen LogP contribution in [0.3, 0.4) is 0 Å². The highest BCUT2D eigenvalue weighted by atomic mass is 31.2. The Morgan fingerprint density at radius 2 is 0.548 bits per heavy atom. The van der Waals surface area contributed by atoms with Gasteiger partial charge < -0.3 is 18.9 Å². The average molecular weight is 1470 g/mol. The van der Waals surface area contributed by atoms with E-state index >= 15 is 0 Å². The highest BCUT2D eigenvalue weighted by Crippen LogP contribution is 2.43. The Hall–Kier alpha value is -4.11. The number of likely N-dealkylation sites (N-methyl/N-ethyl adjacent to an activating group) is 1. The van der Waals surface area contributed by atoms with Gasteiger partial charge >= 0.3 is 19.8 Å². The Balaban J connectivity index is 3.99. The van der Waals surface area contributed by atoms with Gasteiger partial charge in [0.1, 0.15) is 19.8 Å². The van der Waals surface area contributed by atoms with Gasteiger partial charge in [-0.25, -0.2) is 4.57 Å². The molecule has 0 heterocycles. The fourth-order valence-corrected chi connectivity index (χ4v) is 13.0. The van der Waals surface area contributed by atoms with Crippen molar-refractivity contribution in [1.29, 1.82) is 0 Å². The number of hydrogen-bond acceptors (Lipinski definition) is 7. The lowest BCUT2D eigenvalue weighted by atomic mass is 10.0. The first-order valence-corrected chi connectivity index (χ1v) is 45.1. The molecule has 2 atom stereocenters. The molecule has 0 aromatic heterocycles. The molecular formula is C94H165NO8P+. The molecule has 0 bridgehead atoms. The molecule has 0 rings (SSSR count). The van der Waals surface area contributed by atoms with Gasteiger partial charge in [0.05, 0.1) is 27.7 Å². The Bertz CT molecular complexity index is 2280. The van der Waals surface area contributed by atoms with Crippen LogP contribution in [0.25, 0.3) is 0 Å². The van der Waals surface area contributed by atoms with Gasteiger partial charge in [-0.2, -0.15) is 0 Å². The standard InChI is InChI=1S/C94H164NO8P/c1-6-8-10-12-14-16-18-20-22-24-26-28-30-32-34-36-38-40-42-44-46-47-49-51-53-55-57-59-61-63-65-67-69-71-73-75-77-79-81-83-85-87-94(97)103-92(91-102-104(98,99)101-89-88-95(3,4)5)90-100-93(96)86-84-82-80-78-76-74-72-70-68-66-64-62-60-58-56-54-52-50-48-45-43-41-39-37-35-33-31-29-27-25-23-21-19-17-15-13-11-9-7-2/h8,10,14,16,20,22,25-28,32,34,38,40,44,46,49,51,55,57,61,63,67,69,92H,6-7,9,11-13,15,17-19,21,23-24,29-31,33,35-37,39,41-43,45,47-48,50,52-54,56,58-60,62,64-66,68,70-91H2,1-5H3/p+1/b10-8-,16-14-,22-20-,27-25-,28-26-,34-32-,40-38-,46-44-,51-49-,57-55-,63-61-,69-67-. The number of carbonyl (C=O) groups is 2. The number of ether oxygens (including phenoxy) is 2. The number of esters is 2. The molecule has 104 heavy (non-hydrogen) atoms. The summed E-state index contributed by atoms with van der Waals surface area (Å²) in [6, 6.07) is 0. The van der Waals surface area contributed by atoms with Gasteiger partial charge in [0, 0.05) is 12.8 Å². The molecule has 10 heteroatoms. The largest absolute Gasteiger partial charge is 0.472 e. The zero-order valence-electron chi connectivity index (χ0n) is 68.5. The van der Waals surface area contributed by atoms with Gasteiger partial charge in [-0.05, 0) is 122 Å². The third-order valence-corrected chi connectivity index (χ3v) is 19.8. The summed E-state index contributed by atoms with van der Waals surface area (Å²) in [7, 11) is 1.47. The zero-order chi connectivity index (χ0) is 75.4. The minimum atomic E-state index is -4.41. The molecule has 0 spiro atoms. The third-order valence-electron chi connectivity index (χ3n) is 18.9. The van der Waals surface area contributed by atoms with Crippen LogP contribution < -0.4 is 0 Å². The first-order valence-electron chi connectivity index (χ1n) is 43.6. The molecule has 0 aromatic rings. The maximum Gasteiger partial charge on any atom is 0.472 e. The normalized spacial score (nSPS) is 13.7. The van der Waals surface area contributed by atoms with E-state index in [2.05, 4.69) is 160 Å². The molecule has 0 saturated carbocycles. The van der Waals surface area contributed by atoms with Gasteiger partial charge in [0.15, 0.2) is 6.10 Å². The van der Waals surface area contributed by atoms with Crippen molar-refractivity contribution in [3.8, 4) is 0 Å². The Morgan fingerprint density at radius 3 is 0.827 bits per heavy atom. The minimum absolute atomic E-state index is 0.0245. The molecule has 0 aliphatic carbocycles. The Kier molecular flexibility index (Phi) is 79.7. The molecule has 9 nitrogen and oxygen atoms in total. The highest BCUT2D eigenvalue weighted by Gasteiger charge is 2.27. The topological polar surface area (TPSA) is 108 Å². The zero-order valence-corrected chi connectivity index (χ0v) is 69.4. The van der Waals surface area contributed by atoms with Crippen LogP contribution in [0.1, 0.15) is 386 Å². The monoisotopic (exact) mass is 1470 g/mol. The van der Waals surface area contributed by atoms with Gasteiger partial charge in [0.2, 0.25) is 0 Å². The van der Waals surface area contributed by atoms with E-state index in [1.54, 1.807) is 0 Å². The predicted molar refractivity (Wildman–Crippen MR) is 454 cm³/mol. The highest BCUT2D eigenvalue weighted by molar-refractivity contribution is 7.47. The van der Waals surface area contributed by atoms with Crippen LogP contribution in [-0.4, -0.2) is 74.9 Å². The van der Waals surface area contributed by atoms with Crippen LogP contribution in [0, 0.1) is 0 Å². The van der Waals surface area contributed by atoms with E-state index in [1.165, 1.54) is 238 Å². The van der Waals surface area contributed by atoms with E-state index in [1.807, 2.05) is 21.1 Å². The number of phosphoric ester groups is 1. The number of phosphoric acid groups is 1. The Morgan fingerprint density at radius 1 is 0.308 bits per heavy atom. The van der Waals surface area contributed by atoms with Crippen molar-refractivity contribution in [1.82, 2.24) is 0 Å². The van der Waals surface area contributed by atoms with Crippen molar-refractivity contribution in [2.75, 3.05) is 47.5 Å². The molecule has 0 aliphatic rings. The molecular weight excluding hydrogens is 1300 g/mol. The van der Waals surface area contributed by atoms with Crippen LogP contribution in [0.15, 0.2) is 146 Å².